The van der Waals surface area contributed by atoms with Crippen LogP contribution < -0.4 is 10.5 Å². The molecule has 2 amide bonds. The van der Waals surface area contributed by atoms with Crippen molar-refractivity contribution >= 4 is 22.8 Å². The van der Waals surface area contributed by atoms with Gasteiger partial charge in [-0.15, -0.1) is 0 Å². The minimum atomic E-state index is -2.93. The van der Waals surface area contributed by atoms with Gasteiger partial charge in [0.15, 0.2) is 5.76 Å². The average Bonchev–Trinajstić information content (AvgIpc) is 3.26. The van der Waals surface area contributed by atoms with Crippen molar-refractivity contribution in [3.05, 3.63) is 30.0 Å². The lowest BCUT2D eigenvalue weighted by Crippen LogP contribution is -2.56. The summed E-state index contributed by atoms with van der Waals surface area (Å²) in [7, 11) is 1.55. The molecule has 2 aliphatic rings. The molecule has 1 aromatic carbocycles. The van der Waals surface area contributed by atoms with E-state index in [2.05, 4.69) is 0 Å². The fraction of sp³-hybridized carbons (Fsp3) is 0.474. The van der Waals surface area contributed by atoms with Crippen LogP contribution in [0.25, 0.3) is 11.0 Å². The van der Waals surface area contributed by atoms with Crippen LogP contribution >= 0.6 is 0 Å². The fourth-order valence-corrected chi connectivity index (χ4v) is 3.87. The second kappa shape index (κ2) is 6.73. The second-order valence-electron chi connectivity index (χ2n) is 7.33. The first kappa shape index (κ1) is 18.7. The van der Waals surface area contributed by atoms with Gasteiger partial charge in [-0.3, -0.25) is 9.59 Å². The van der Waals surface area contributed by atoms with E-state index < -0.39 is 31.0 Å². The summed E-state index contributed by atoms with van der Waals surface area (Å²) in [4.78, 5) is 27.6. The molecule has 2 aromatic rings. The summed E-state index contributed by atoms with van der Waals surface area (Å²) in [5, 5.41) is 0.716. The Hall–Kier alpha value is -2.68. The van der Waals surface area contributed by atoms with Crippen LogP contribution in [-0.4, -0.2) is 66.4 Å². The summed E-state index contributed by atoms with van der Waals surface area (Å²) in [6.07, 6.45) is -0.662. The molecule has 4 rings (SSSR count). The van der Waals surface area contributed by atoms with Gasteiger partial charge in [0.2, 0.25) is 5.91 Å². The highest BCUT2D eigenvalue weighted by molar-refractivity contribution is 5.96. The number of likely N-dealkylation sites (tertiary alicyclic amines) is 2. The third-order valence-electron chi connectivity index (χ3n) is 5.38. The van der Waals surface area contributed by atoms with Gasteiger partial charge in [0, 0.05) is 37.4 Å². The summed E-state index contributed by atoms with van der Waals surface area (Å²) in [6, 6.07) is 5.57. The Morgan fingerprint density at radius 1 is 1.32 bits per heavy atom. The van der Waals surface area contributed by atoms with Crippen molar-refractivity contribution < 1.29 is 27.5 Å². The Bertz CT molecular complexity index is 929. The summed E-state index contributed by atoms with van der Waals surface area (Å²) < 4.78 is 38.3. The number of amides is 2. The van der Waals surface area contributed by atoms with Gasteiger partial charge >= 0.3 is 0 Å². The van der Waals surface area contributed by atoms with Crippen molar-refractivity contribution in [1.29, 1.82) is 0 Å². The summed E-state index contributed by atoms with van der Waals surface area (Å²) in [5.74, 6) is -2.89. The van der Waals surface area contributed by atoms with Gasteiger partial charge in [-0.2, -0.15) is 0 Å². The number of piperidine rings is 1. The lowest BCUT2D eigenvalue weighted by molar-refractivity contribution is -0.150. The van der Waals surface area contributed by atoms with Crippen molar-refractivity contribution in [2.24, 2.45) is 5.73 Å². The highest BCUT2D eigenvalue weighted by Gasteiger charge is 2.46. The van der Waals surface area contributed by atoms with Crippen molar-refractivity contribution in [3.8, 4) is 5.75 Å². The third-order valence-corrected chi connectivity index (χ3v) is 5.38. The maximum Gasteiger partial charge on any atom is 0.289 e. The molecule has 28 heavy (non-hydrogen) atoms. The van der Waals surface area contributed by atoms with Gasteiger partial charge in [0.25, 0.3) is 11.8 Å². The number of carbonyl (C=O) groups excluding carboxylic acids is 2. The normalized spacial score (nSPS) is 24.8. The summed E-state index contributed by atoms with van der Waals surface area (Å²) in [6.45, 7) is -0.391. The molecule has 0 bridgehead atoms. The molecule has 0 radical (unpaired) electrons. The molecule has 0 saturated carbocycles. The zero-order valence-corrected chi connectivity index (χ0v) is 15.4. The molecule has 7 nitrogen and oxygen atoms in total. The molecule has 2 atom stereocenters. The number of fused-ring (bicyclic) bond motifs is 1. The molecule has 2 aliphatic heterocycles. The number of halogens is 2. The molecule has 1 aromatic heterocycles. The zero-order valence-electron chi connectivity index (χ0n) is 15.4. The summed E-state index contributed by atoms with van der Waals surface area (Å²) in [5.41, 5.74) is 6.64. The van der Waals surface area contributed by atoms with Crippen LogP contribution in [0.2, 0.25) is 0 Å². The van der Waals surface area contributed by atoms with E-state index in [0.29, 0.717) is 16.7 Å². The van der Waals surface area contributed by atoms with E-state index in [4.69, 9.17) is 14.9 Å². The highest BCUT2D eigenvalue weighted by atomic mass is 19.3. The lowest BCUT2D eigenvalue weighted by atomic mass is 10.0. The van der Waals surface area contributed by atoms with Gasteiger partial charge in [-0.25, -0.2) is 8.78 Å². The van der Waals surface area contributed by atoms with Crippen LogP contribution in [0, 0.1) is 0 Å². The van der Waals surface area contributed by atoms with E-state index in [1.165, 1.54) is 4.90 Å². The first-order valence-corrected chi connectivity index (χ1v) is 9.07. The number of methoxy groups -OCH3 is 1. The van der Waals surface area contributed by atoms with Crippen molar-refractivity contribution in [2.75, 3.05) is 26.7 Å². The zero-order chi connectivity index (χ0) is 20.1. The van der Waals surface area contributed by atoms with Gasteiger partial charge in [-0.05, 0) is 24.3 Å². The molecule has 9 heteroatoms. The number of rotatable bonds is 3. The van der Waals surface area contributed by atoms with E-state index in [9.17, 15) is 18.4 Å². The van der Waals surface area contributed by atoms with E-state index in [1.54, 1.807) is 31.4 Å². The number of ether oxygens (including phenoxy) is 1. The molecule has 2 N–H and O–H groups in total. The van der Waals surface area contributed by atoms with Gasteiger partial charge in [0.05, 0.1) is 19.7 Å². The number of carbonyl (C=O) groups is 2. The Morgan fingerprint density at radius 3 is 2.86 bits per heavy atom. The van der Waals surface area contributed by atoms with Crippen molar-refractivity contribution in [1.82, 2.24) is 9.80 Å². The molecule has 3 heterocycles. The van der Waals surface area contributed by atoms with Crippen LogP contribution in [0.5, 0.6) is 5.75 Å². The Morgan fingerprint density at radius 2 is 2.11 bits per heavy atom. The maximum atomic E-state index is 13.8. The SMILES string of the molecule is COc1ccc2oc(C(=O)N3C[C@@H](N)[C@@H](N4CC(F)(F)CCC4=O)C3)cc2c1. The topological polar surface area (TPSA) is 89.0 Å². The van der Waals surface area contributed by atoms with Crippen molar-refractivity contribution in [2.45, 2.75) is 30.8 Å². The molecule has 2 saturated heterocycles. The van der Waals surface area contributed by atoms with E-state index in [0.717, 1.165) is 4.90 Å². The Labute approximate surface area is 160 Å². The number of furan rings is 1. The maximum absolute atomic E-state index is 13.8. The number of nitrogens with zero attached hydrogens (tertiary/aromatic N) is 2. The Balaban J connectivity index is 1.52. The number of alkyl halides is 2. The predicted octanol–water partition coefficient (Wildman–Crippen LogP) is 1.85. The van der Waals surface area contributed by atoms with Crippen LogP contribution in [0.4, 0.5) is 8.78 Å². The quantitative estimate of drug-likeness (QED) is 0.860. The van der Waals surface area contributed by atoms with E-state index in [-0.39, 0.29) is 37.1 Å². The van der Waals surface area contributed by atoms with Crippen LogP contribution in [-0.2, 0) is 4.79 Å². The minimum absolute atomic E-state index is 0.0994. The molecular weight excluding hydrogens is 372 g/mol. The monoisotopic (exact) mass is 393 g/mol. The van der Waals surface area contributed by atoms with Crippen LogP contribution in [0.1, 0.15) is 23.4 Å². The lowest BCUT2D eigenvalue weighted by Gasteiger charge is -2.37. The molecular formula is C19H21F2N3O4. The van der Waals surface area contributed by atoms with E-state index >= 15 is 0 Å². The molecule has 0 spiro atoms. The van der Waals surface area contributed by atoms with Crippen molar-refractivity contribution in [3.63, 3.8) is 0 Å². The van der Waals surface area contributed by atoms with E-state index in [1.807, 2.05) is 0 Å². The Kier molecular flexibility index (Phi) is 4.49. The molecule has 150 valence electrons. The minimum Gasteiger partial charge on any atom is -0.497 e. The van der Waals surface area contributed by atoms with Crippen LogP contribution in [0.3, 0.4) is 0 Å². The first-order chi connectivity index (χ1) is 13.3. The predicted molar refractivity (Wildman–Crippen MR) is 96.3 cm³/mol. The van der Waals surface area contributed by atoms with Gasteiger partial charge < -0.3 is 24.7 Å². The average molecular weight is 393 g/mol. The molecule has 2 fully saturated rings. The van der Waals surface area contributed by atoms with Crippen LogP contribution in [0.15, 0.2) is 28.7 Å². The number of hydrogen-bond donors (Lipinski definition) is 1. The summed E-state index contributed by atoms with van der Waals surface area (Å²) >= 11 is 0. The fourth-order valence-electron chi connectivity index (χ4n) is 3.87. The standard InChI is InChI=1S/C19H21F2N3O4/c1-27-12-2-3-15-11(6-12)7-16(28-15)18(26)23-8-13(22)14(9-23)24-10-19(20,21)5-4-17(24)25/h2-3,6-7,13-14H,4-5,8-10,22H2,1H3/t13-,14+/m1/s1. The smallest absolute Gasteiger partial charge is 0.289 e. The molecule has 0 unspecified atom stereocenters. The molecule has 0 aliphatic carbocycles. The number of benzene rings is 1. The third kappa shape index (κ3) is 3.30. The van der Waals surface area contributed by atoms with Gasteiger partial charge in [0.1, 0.15) is 11.3 Å². The number of hydrogen-bond acceptors (Lipinski definition) is 5. The number of nitrogens with two attached hydrogens (primary N) is 1. The largest absolute Gasteiger partial charge is 0.497 e. The highest BCUT2D eigenvalue weighted by Crippen LogP contribution is 2.31. The first-order valence-electron chi connectivity index (χ1n) is 9.07. The second-order valence-corrected chi connectivity index (χ2v) is 7.33. The van der Waals surface area contributed by atoms with Gasteiger partial charge in [-0.1, -0.05) is 0 Å².